The van der Waals surface area contributed by atoms with Gasteiger partial charge in [-0.25, -0.2) is 20.2 Å². The smallest absolute Gasteiger partial charge is 2.00 e. The fraction of sp³-hybridized carbons (Fsp3) is 0. The van der Waals surface area contributed by atoms with Crippen LogP contribution in [0.15, 0.2) is 34.3 Å². The fourth-order valence-electron chi connectivity index (χ4n) is 1.68. The minimum Gasteiger partial charge on any atom is -2.00 e. The molecule has 0 fully saturated rings. The Morgan fingerprint density at radius 3 is 1.43 bits per heavy atom. The number of hydrogen-bond donors (Lipinski definition) is 6. The van der Waals surface area contributed by atoms with Gasteiger partial charge in [-0.1, -0.05) is 23.2 Å². The van der Waals surface area contributed by atoms with Gasteiger partial charge in [0.1, 0.15) is 0 Å². The molecule has 35 heavy (non-hydrogen) atoms. The van der Waals surface area contributed by atoms with Gasteiger partial charge in [-0.2, -0.15) is 18.4 Å². The van der Waals surface area contributed by atoms with Crippen LogP contribution in [0.5, 0.6) is 0 Å². The molecule has 0 spiro atoms. The molecule has 4 aromatic heterocycles. The predicted molar refractivity (Wildman–Crippen MR) is 130 cm³/mol. The van der Waals surface area contributed by atoms with E-state index in [0.29, 0.717) is 11.9 Å². The average Bonchev–Trinajstić information content (AvgIpc) is 3.48. The molecule has 4 rings (SSSR count). The van der Waals surface area contributed by atoms with Crippen molar-refractivity contribution in [2.45, 2.75) is 0 Å². The topological polar surface area (TPSA) is 263 Å². The fourth-order valence-corrected chi connectivity index (χ4v) is 3.55. The summed E-state index contributed by atoms with van der Waals surface area (Å²) in [7, 11) is -4.67. The minimum absolute atomic E-state index is 0. The van der Waals surface area contributed by atoms with E-state index in [1.165, 1.54) is 22.7 Å². The Morgan fingerprint density at radius 1 is 0.857 bits per heavy atom. The second kappa shape index (κ2) is 15.6. The SMILES string of the molecule is Nc1nc(/N=C/c2ccc(Cl)s2)n[nH]1.Nc1nc(/N=C/c2ccc(Cl)s2)n[nH]1.O=S(=O)(O)O.[O-2].[V+4]. The second-order valence-corrected chi connectivity index (χ2v) is 9.68. The zero-order valence-electron chi connectivity index (χ0n) is 16.8. The van der Waals surface area contributed by atoms with E-state index in [9.17, 15) is 0 Å². The first-order chi connectivity index (χ1) is 15.5. The first-order valence-electron chi connectivity index (χ1n) is 8.12. The summed E-state index contributed by atoms with van der Waals surface area (Å²) in [6.45, 7) is 0. The van der Waals surface area contributed by atoms with Gasteiger partial charge in [-0.15, -0.1) is 32.9 Å². The number of aliphatic imine (C=N–C) groups is 2. The van der Waals surface area contributed by atoms with Gasteiger partial charge in [0.25, 0.3) is 11.9 Å². The maximum absolute atomic E-state index is 8.74. The van der Waals surface area contributed by atoms with Gasteiger partial charge in [-0.3, -0.25) is 9.11 Å². The van der Waals surface area contributed by atoms with Crippen LogP contribution in [0.1, 0.15) is 9.75 Å². The summed E-state index contributed by atoms with van der Waals surface area (Å²) in [6.07, 6.45) is 3.28. The molecule has 0 saturated heterocycles. The molecule has 0 aromatic carbocycles. The van der Waals surface area contributed by atoms with Crippen LogP contribution in [0.25, 0.3) is 0 Å². The van der Waals surface area contributed by atoms with Crippen molar-refractivity contribution in [3.63, 3.8) is 0 Å². The number of nitrogens with zero attached hydrogens (tertiary/aromatic N) is 6. The molecule has 1 radical (unpaired) electrons. The third kappa shape index (κ3) is 14.6. The van der Waals surface area contributed by atoms with E-state index in [0.717, 1.165) is 18.4 Å². The predicted octanol–water partition coefficient (Wildman–Crippen LogP) is 2.93. The van der Waals surface area contributed by atoms with Crippen LogP contribution in [-0.2, 0) is 34.4 Å². The van der Waals surface area contributed by atoms with Gasteiger partial charge < -0.3 is 16.9 Å². The number of rotatable bonds is 4. The summed E-state index contributed by atoms with van der Waals surface area (Å²) in [4.78, 5) is 17.5. The van der Waals surface area contributed by atoms with Gasteiger partial charge in [0.05, 0.1) is 8.67 Å². The van der Waals surface area contributed by atoms with E-state index in [2.05, 4.69) is 40.3 Å². The molecule has 0 atom stereocenters. The first-order valence-corrected chi connectivity index (χ1v) is 11.9. The number of halogens is 2. The Morgan fingerprint density at radius 2 is 1.20 bits per heavy atom. The quantitative estimate of drug-likeness (QED) is 0.143. The van der Waals surface area contributed by atoms with E-state index >= 15 is 0 Å². The second-order valence-electron chi connectivity index (χ2n) is 5.29. The molecular weight excluding hydrogens is 606 g/mol. The monoisotopic (exact) mass is 619 g/mol. The Hall–Kier alpha value is -2.39. The molecular formula is C14H14Cl2N10O5S3V+2. The summed E-state index contributed by atoms with van der Waals surface area (Å²) < 4.78 is 33.0. The summed E-state index contributed by atoms with van der Waals surface area (Å²) in [5.74, 6) is 1.13. The number of hydrogen-bond acceptors (Lipinski definition) is 12. The molecule has 0 aliphatic rings. The number of anilines is 2. The molecule has 0 unspecified atom stereocenters. The van der Waals surface area contributed by atoms with E-state index < -0.39 is 10.4 Å². The maximum atomic E-state index is 8.74. The zero-order valence-corrected chi connectivity index (χ0v) is 22.2. The van der Waals surface area contributed by atoms with E-state index in [4.69, 9.17) is 52.2 Å². The van der Waals surface area contributed by atoms with Crippen molar-refractivity contribution in [3.8, 4) is 0 Å². The third-order valence-corrected chi connectivity index (χ3v) is 5.12. The van der Waals surface area contributed by atoms with Crippen LogP contribution in [0.3, 0.4) is 0 Å². The van der Waals surface area contributed by atoms with Crippen LogP contribution >= 0.6 is 45.9 Å². The van der Waals surface area contributed by atoms with Gasteiger partial charge in [-0.05, 0) is 24.3 Å². The molecule has 15 nitrogen and oxygen atoms in total. The molecule has 0 aliphatic heterocycles. The largest absolute Gasteiger partial charge is 4.00 e. The molecule has 21 heteroatoms. The van der Waals surface area contributed by atoms with Gasteiger partial charge in [0.15, 0.2) is 0 Å². The zero-order chi connectivity index (χ0) is 24.4. The van der Waals surface area contributed by atoms with Crippen LogP contribution in [0.2, 0.25) is 8.67 Å². The van der Waals surface area contributed by atoms with E-state index in [1.807, 2.05) is 12.1 Å². The number of nitrogens with one attached hydrogen (secondary N) is 2. The molecule has 0 saturated carbocycles. The van der Waals surface area contributed by atoms with Crippen molar-refractivity contribution in [1.29, 1.82) is 0 Å². The van der Waals surface area contributed by atoms with Crippen molar-refractivity contribution in [1.82, 2.24) is 30.4 Å². The Kier molecular flexibility index (Phi) is 14.5. The minimum atomic E-state index is -4.67. The number of aromatic amines is 2. The van der Waals surface area contributed by atoms with E-state index in [1.54, 1.807) is 24.6 Å². The third-order valence-electron chi connectivity index (χ3n) is 2.78. The summed E-state index contributed by atoms with van der Waals surface area (Å²) >= 11 is 14.4. The number of H-pyrrole nitrogens is 2. The Bertz CT molecular complexity index is 1160. The van der Waals surface area contributed by atoms with Crippen LogP contribution in [-0.4, -0.2) is 60.3 Å². The molecule has 0 amide bonds. The van der Waals surface area contributed by atoms with Crippen molar-refractivity contribution in [2.24, 2.45) is 9.98 Å². The first kappa shape index (κ1) is 32.6. The van der Waals surface area contributed by atoms with Crippen molar-refractivity contribution >= 4 is 92.5 Å². The van der Waals surface area contributed by atoms with Crippen molar-refractivity contribution < 1.29 is 41.6 Å². The molecule has 0 aliphatic carbocycles. The molecule has 0 bridgehead atoms. The Labute approximate surface area is 227 Å². The number of nitrogens with two attached hydrogens (primary N) is 2. The normalized spacial score (nSPS) is 10.6. The van der Waals surface area contributed by atoms with Gasteiger partial charge in [0.2, 0.25) is 11.9 Å². The van der Waals surface area contributed by atoms with Crippen LogP contribution in [0.4, 0.5) is 23.8 Å². The molecule has 4 heterocycles. The number of aromatic nitrogens is 6. The number of thiophene rings is 2. The maximum Gasteiger partial charge on any atom is 4.00 e. The summed E-state index contributed by atoms with van der Waals surface area (Å²) in [5, 5.41) is 12.5. The molecule has 185 valence electrons. The molecule has 4 aromatic rings. The van der Waals surface area contributed by atoms with Crippen LogP contribution < -0.4 is 11.5 Å². The van der Waals surface area contributed by atoms with Crippen LogP contribution in [0, 0.1) is 0 Å². The Balaban J connectivity index is 0.000000531. The van der Waals surface area contributed by atoms with E-state index in [-0.39, 0.29) is 35.9 Å². The average molecular weight is 620 g/mol. The van der Waals surface area contributed by atoms with Gasteiger partial charge >= 0.3 is 29.0 Å². The molecule has 8 N–H and O–H groups in total. The van der Waals surface area contributed by atoms with Crippen molar-refractivity contribution in [3.05, 3.63) is 42.7 Å². The van der Waals surface area contributed by atoms with Gasteiger partial charge in [0, 0.05) is 22.2 Å². The van der Waals surface area contributed by atoms with Crippen molar-refractivity contribution in [2.75, 3.05) is 11.5 Å². The number of nitrogen functional groups attached to an aromatic ring is 2. The summed E-state index contributed by atoms with van der Waals surface area (Å²) in [5.41, 5.74) is 10.7. The summed E-state index contributed by atoms with van der Waals surface area (Å²) in [6, 6.07) is 7.35. The standard InChI is InChI=1S/2C7H6ClN5S.H2O4S.O.V/c2*8-5-2-1-4(14-5)3-10-7-11-6(9)12-13-7;1-5(2,3)4;;/h2*1-3H,(H3,9,11,12,13);(H2,1,2,3,4);;/q;;;-2;+4/b2*10-3+;;;.